The van der Waals surface area contributed by atoms with Crippen LogP contribution in [0.5, 0.6) is 0 Å². The van der Waals surface area contributed by atoms with Gasteiger partial charge in [0.05, 0.1) is 5.75 Å². The second kappa shape index (κ2) is 11.9. The number of amides is 2. The van der Waals surface area contributed by atoms with Crippen LogP contribution >= 0.6 is 39.3 Å². The second-order valence-corrected chi connectivity index (χ2v) is 10.3. The number of nitrogens with zero attached hydrogens (tertiary/aromatic N) is 1. The number of hydrogen-bond acceptors (Lipinski definition) is 3. The van der Waals surface area contributed by atoms with Crippen LogP contribution in [0.25, 0.3) is 0 Å². The molecule has 3 rings (SSSR count). The standard InChI is InChI=1S/C24H28BrClN2O2S/c1-17(24(30)27-22-10-2-3-11-22)28(14-18-6-4-8-20(25)12-18)23(29)16-31-15-19-7-5-9-21(26)13-19/h4-9,12-13,17,22H,2-3,10-11,14-16H2,1H3,(H,27,30). The smallest absolute Gasteiger partial charge is 0.242 e. The molecule has 0 saturated heterocycles. The molecular formula is C24H28BrClN2O2S. The molecule has 0 radical (unpaired) electrons. The molecule has 31 heavy (non-hydrogen) atoms. The van der Waals surface area contributed by atoms with Gasteiger partial charge < -0.3 is 10.2 Å². The highest BCUT2D eigenvalue weighted by Gasteiger charge is 2.28. The minimum absolute atomic E-state index is 0.0407. The average Bonchev–Trinajstić information content (AvgIpc) is 3.24. The van der Waals surface area contributed by atoms with Gasteiger partial charge in [-0.05, 0) is 55.2 Å². The fraction of sp³-hybridized carbons (Fsp3) is 0.417. The van der Waals surface area contributed by atoms with Crippen LogP contribution in [0.4, 0.5) is 0 Å². The number of benzene rings is 2. The van der Waals surface area contributed by atoms with Gasteiger partial charge in [-0.3, -0.25) is 9.59 Å². The van der Waals surface area contributed by atoms with Gasteiger partial charge in [0.1, 0.15) is 6.04 Å². The fourth-order valence-electron chi connectivity index (χ4n) is 3.77. The summed E-state index contributed by atoms with van der Waals surface area (Å²) < 4.78 is 0.954. The van der Waals surface area contributed by atoms with E-state index in [1.807, 2.05) is 55.5 Å². The van der Waals surface area contributed by atoms with E-state index in [-0.39, 0.29) is 17.9 Å². The highest BCUT2D eigenvalue weighted by atomic mass is 79.9. The molecule has 1 N–H and O–H groups in total. The van der Waals surface area contributed by atoms with Crippen LogP contribution in [-0.2, 0) is 21.9 Å². The second-order valence-electron chi connectivity index (χ2n) is 7.94. The molecule has 0 heterocycles. The Labute approximate surface area is 202 Å². The van der Waals surface area contributed by atoms with Gasteiger partial charge in [-0.15, -0.1) is 11.8 Å². The predicted molar refractivity (Wildman–Crippen MR) is 132 cm³/mol. The number of nitrogens with one attached hydrogen (secondary N) is 1. The van der Waals surface area contributed by atoms with Crippen LogP contribution in [-0.4, -0.2) is 34.6 Å². The van der Waals surface area contributed by atoms with Gasteiger partial charge in [-0.1, -0.05) is 64.6 Å². The maximum atomic E-state index is 13.2. The minimum Gasteiger partial charge on any atom is -0.352 e. The van der Waals surface area contributed by atoms with Crippen molar-refractivity contribution in [3.63, 3.8) is 0 Å². The summed E-state index contributed by atoms with van der Waals surface area (Å²) in [7, 11) is 0. The first-order valence-corrected chi connectivity index (χ1v) is 12.9. The van der Waals surface area contributed by atoms with Crippen molar-refractivity contribution >= 4 is 51.1 Å². The molecule has 1 aliphatic carbocycles. The van der Waals surface area contributed by atoms with Crippen molar-refractivity contribution in [2.45, 2.75) is 57.0 Å². The summed E-state index contributed by atoms with van der Waals surface area (Å²) in [5.41, 5.74) is 2.07. The summed E-state index contributed by atoms with van der Waals surface area (Å²) >= 11 is 11.1. The molecule has 1 aliphatic rings. The van der Waals surface area contributed by atoms with E-state index in [4.69, 9.17) is 11.6 Å². The van der Waals surface area contributed by atoms with Gasteiger partial charge in [0, 0.05) is 27.8 Å². The monoisotopic (exact) mass is 522 g/mol. The van der Waals surface area contributed by atoms with Crippen LogP contribution in [0.15, 0.2) is 53.0 Å². The van der Waals surface area contributed by atoms with E-state index in [0.29, 0.717) is 23.1 Å². The first-order valence-electron chi connectivity index (χ1n) is 10.6. The number of halogens is 2. The lowest BCUT2D eigenvalue weighted by atomic mass is 10.1. The minimum atomic E-state index is -0.529. The molecule has 2 aromatic rings. The first-order chi connectivity index (χ1) is 14.9. The van der Waals surface area contributed by atoms with Crippen LogP contribution in [0.2, 0.25) is 5.02 Å². The molecular weight excluding hydrogens is 496 g/mol. The molecule has 0 aromatic heterocycles. The van der Waals surface area contributed by atoms with Gasteiger partial charge in [0.25, 0.3) is 0 Å². The zero-order chi connectivity index (χ0) is 22.2. The summed E-state index contributed by atoms with van der Waals surface area (Å²) in [4.78, 5) is 27.8. The average molecular weight is 524 g/mol. The summed E-state index contributed by atoms with van der Waals surface area (Å²) in [6.07, 6.45) is 4.35. The van der Waals surface area contributed by atoms with Gasteiger partial charge in [-0.25, -0.2) is 0 Å². The summed E-state index contributed by atoms with van der Waals surface area (Å²) in [5, 5.41) is 3.83. The normalized spacial score (nSPS) is 14.9. The summed E-state index contributed by atoms with van der Waals surface area (Å²) in [5.74, 6) is 0.887. The molecule has 0 bridgehead atoms. The molecule has 0 spiro atoms. The van der Waals surface area contributed by atoms with Crippen molar-refractivity contribution in [3.8, 4) is 0 Å². The first kappa shape index (κ1) is 24.1. The molecule has 1 atom stereocenters. The molecule has 166 valence electrons. The molecule has 1 saturated carbocycles. The zero-order valence-electron chi connectivity index (χ0n) is 17.7. The number of rotatable bonds is 9. The van der Waals surface area contributed by atoms with E-state index in [1.165, 1.54) is 11.8 Å². The number of carbonyl (C=O) groups is 2. The van der Waals surface area contributed by atoms with E-state index in [2.05, 4.69) is 21.2 Å². The summed E-state index contributed by atoms with van der Waals surface area (Å²) in [6, 6.07) is 15.2. The largest absolute Gasteiger partial charge is 0.352 e. The third-order valence-electron chi connectivity index (χ3n) is 5.49. The SMILES string of the molecule is CC(C(=O)NC1CCCC1)N(Cc1cccc(Br)c1)C(=O)CSCc1cccc(Cl)c1. The lowest BCUT2D eigenvalue weighted by molar-refractivity contribution is -0.138. The Bertz CT molecular complexity index is 905. The topological polar surface area (TPSA) is 49.4 Å². The van der Waals surface area contributed by atoms with Crippen molar-refractivity contribution < 1.29 is 9.59 Å². The van der Waals surface area contributed by atoms with Crippen molar-refractivity contribution in [3.05, 3.63) is 69.2 Å². The molecule has 1 unspecified atom stereocenters. The molecule has 2 aromatic carbocycles. The van der Waals surface area contributed by atoms with Gasteiger partial charge in [0.15, 0.2) is 0 Å². The molecule has 1 fully saturated rings. The van der Waals surface area contributed by atoms with Gasteiger partial charge in [0.2, 0.25) is 11.8 Å². The number of carbonyl (C=O) groups excluding carboxylic acids is 2. The molecule has 4 nitrogen and oxygen atoms in total. The van der Waals surface area contributed by atoms with E-state index < -0.39 is 6.04 Å². The number of thioether (sulfide) groups is 1. The van der Waals surface area contributed by atoms with Crippen molar-refractivity contribution in [2.24, 2.45) is 0 Å². The van der Waals surface area contributed by atoms with Crippen LogP contribution < -0.4 is 5.32 Å². The Morgan fingerprint density at radius 2 is 1.87 bits per heavy atom. The maximum absolute atomic E-state index is 13.2. The Morgan fingerprint density at radius 1 is 1.16 bits per heavy atom. The van der Waals surface area contributed by atoms with Crippen LogP contribution in [0.3, 0.4) is 0 Å². The molecule has 2 amide bonds. The van der Waals surface area contributed by atoms with E-state index in [0.717, 1.165) is 41.3 Å². The van der Waals surface area contributed by atoms with Crippen LogP contribution in [0, 0.1) is 0 Å². The Morgan fingerprint density at radius 3 is 2.58 bits per heavy atom. The highest BCUT2D eigenvalue weighted by molar-refractivity contribution is 9.10. The predicted octanol–water partition coefficient (Wildman–Crippen LogP) is 5.81. The van der Waals surface area contributed by atoms with Gasteiger partial charge in [-0.2, -0.15) is 0 Å². The Kier molecular flexibility index (Phi) is 9.30. The fourth-order valence-corrected chi connectivity index (χ4v) is 5.29. The van der Waals surface area contributed by atoms with Crippen molar-refractivity contribution in [1.29, 1.82) is 0 Å². The van der Waals surface area contributed by atoms with Crippen molar-refractivity contribution in [2.75, 3.05) is 5.75 Å². The number of hydrogen-bond donors (Lipinski definition) is 1. The van der Waals surface area contributed by atoms with E-state index in [1.54, 1.807) is 4.90 Å². The lowest BCUT2D eigenvalue weighted by Crippen LogP contribution is -2.50. The Hall–Kier alpha value is -1.50. The zero-order valence-corrected chi connectivity index (χ0v) is 20.8. The van der Waals surface area contributed by atoms with E-state index in [9.17, 15) is 9.59 Å². The van der Waals surface area contributed by atoms with Crippen molar-refractivity contribution in [1.82, 2.24) is 10.2 Å². The summed E-state index contributed by atoms with van der Waals surface area (Å²) in [6.45, 7) is 2.22. The highest BCUT2D eigenvalue weighted by Crippen LogP contribution is 2.21. The van der Waals surface area contributed by atoms with E-state index >= 15 is 0 Å². The maximum Gasteiger partial charge on any atom is 0.242 e. The Balaban J connectivity index is 1.65. The third kappa shape index (κ3) is 7.55. The molecule has 7 heteroatoms. The molecule has 0 aliphatic heterocycles. The lowest BCUT2D eigenvalue weighted by Gasteiger charge is -2.29. The van der Waals surface area contributed by atoms with Crippen LogP contribution in [0.1, 0.15) is 43.7 Å². The third-order valence-corrected chi connectivity index (χ3v) is 7.21. The van der Waals surface area contributed by atoms with Gasteiger partial charge >= 0.3 is 0 Å². The quantitative estimate of drug-likeness (QED) is 0.451.